The monoisotopic (exact) mass is 486 g/mol. The first kappa shape index (κ1) is 25.3. The van der Waals surface area contributed by atoms with Crippen LogP contribution in [0.25, 0.3) is 0 Å². The predicted octanol–water partition coefficient (Wildman–Crippen LogP) is 2.56. The summed E-state index contributed by atoms with van der Waals surface area (Å²) in [7, 11) is -10.8. The number of hydrogen-bond acceptors (Lipinski definition) is 7. The third-order valence-electron chi connectivity index (χ3n) is 4.45. The van der Waals surface area contributed by atoms with Gasteiger partial charge < -0.3 is 0 Å². The van der Waals surface area contributed by atoms with Gasteiger partial charge in [-0.3, -0.25) is 4.18 Å². The van der Waals surface area contributed by atoms with Crippen LogP contribution in [0, 0.1) is 6.92 Å². The second-order valence-electron chi connectivity index (χ2n) is 7.20. The predicted molar refractivity (Wildman–Crippen MR) is 121 cm³/mol. The van der Waals surface area contributed by atoms with Crippen LogP contribution in [0.3, 0.4) is 0 Å². The Bertz CT molecular complexity index is 1190. The van der Waals surface area contributed by atoms with Crippen LogP contribution in [-0.4, -0.2) is 43.4 Å². The maximum absolute atomic E-state index is 12.2. The summed E-state index contributed by atoms with van der Waals surface area (Å²) in [6.45, 7) is 4.73. The third kappa shape index (κ3) is 9.34. The largest absolute Gasteiger partial charge is 0.269 e. The molecule has 2 rings (SSSR count). The van der Waals surface area contributed by atoms with Crippen LogP contribution in [0.5, 0.6) is 0 Å². The SMILES string of the molecule is C=CS(=O)(=O)Cc1ccc(CCS(=O)(=O)OCCS(=O)(=O)Cc2ccc(C)cc2)cc1. The Morgan fingerprint density at radius 3 is 1.87 bits per heavy atom. The van der Waals surface area contributed by atoms with Gasteiger partial charge in [0, 0.05) is 5.41 Å². The van der Waals surface area contributed by atoms with Gasteiger partial charge in [0.1, 0.15) is 0 Å². The minimum atomic E-state index is -3.90. The van der Waals surface area contributed by atoms with E-state index in [-0.39, 0.29) is 23.7 Å². The second kappa shape index (κ2) is 10.5. The first-order valence-electron chi connectivity index (χ1n) is 9.46. The summed E-state index contributed by atoms with van der Waals surface area (Å²) in [5.74, 6) is -1.05. The Kier molecular flexibility index (Phi) is 8.58. The molecule has 0 bridgehead atoms. The molecular formula is C21H26O7S3. The lowest BCUT2D eigenvalue weighted by Gasteiger charge is -2.08. The fourth-order valence-corrected chi connectivity index (χ4v) is 5.70. The molecule has 7 nitrogen and oxygen atoms in total. The van der Waals surface area contributed by atoms with E-state index in [1.54, 1.807) is 36.4 Å². The van der Waals surface area contributed by atoms with Gasteiger partial charge in [0.25, 0.3) is 10.1 Å². The van der Waals surface area contributed by atoms with Crippen molar-refractivity contribution in [1.29, 1.82) is 0 Å². The molecule has 0 saturated heterocycles. The van der Waals surface area contributed by atoms with Crippen LogP contribution in [-0.2, 0) is 51.9 Å². The molecule has 0 aliphatic rings. The molecule has 0 amide bonds. The fraction of sp³-hybridized carbons (Fsp3) is 0.333. The zero-order chi connectivity index (χ0) is 23.1. The maximum atomic E-state index is 12.2. The standard InChI is InChI=1S/C21H26O7S3/c1-3-29(22,23)16-21-10-8-19(9-11-21)12-14-31(26,27)28-13-15-30(24,25)17-20-6-4-18(2)5-7-20/h3-11H,1,12-17H2,2H3. The van der Waals surface area contributed by atoms with Crippen molar-refractivity contribution >= 4 is 29.8 Å². The van der Waals surface area contributed by atoms with Gasteiger partial charge in [-0.1, -0.05) is 60.7 Å². The van der Waals surface area contributed by atoms with Crippen molar-refractivity contribution in [3.05, 3.63) is 82.8 Å². The summed E-state index contributed by atoms with van der Waals surface area (Å²) in [5, 5.41) is 0.895. The highest BCUT2D eigenvalue weighted by Gasteiger charge is 2.17. The molecule has 2 aromatic rings. The summed E-state index contributed by atoms with van der Waals surface area (Å²) in [4.78, 5) is 0. The van der Waals surface area contributed by atoms with Crippen molar-refractivity contribution < 1.29 is 29.4 Å². The van der Waals surface area contributed by atoms with Gasteiger partial charge in [0.15, 0.2) is 19.7 Å². The van der Waals surface area contributed by atoms with Gasteiger partial charge >= 0.3 is 0 Å². The lowest BCUT2D eigenvalue weighted by Crippen LogP contribution is -2.19. The molecule has 0 fully saturated rings. The minimum Gasteiger partial charge on any atom is -0.269 e. The molecule has 10 heteroatoms. The average Bonchev–Trinajstić information content (AvgIpc) is 2.68. The molecule has 0 atom stereocenters. The fourth-order valence-electron chi connectivity index (χ4n) is 2.69. The number of sulfone groups is 2. The smallest absolute Gasteiger partial charge is 0.267 e. The van der Waals surface area contributed by atoms with Crippen LogP contribution in [0.2, 0.25) is 0 Å². The first-order chi connectivity index (χ1) is 14.4. The minimum absolute atomic E-state index is 0.160. The van der Waals surface area contributed by atoms with Gasteiger partial charge in [0.05, 0.1) is 29.6 Å². The van der Waals surface area contributed by atoms with Gasteiger partial charge in [-0.25, -0.2) is 16.8 Å². The molecule has 0 aliphatic heterocycles. The molecule has 0 heterocycles. The van der Waals surface area contributed by atoms with Gasteiger partial charge in [0.2, 0.25) is 0 Å². The summed E-state index contributed by atoms with van der Waals surface area (Å²) >= 11 is 0. The van der Waals surface area contributed by atoms with Crippen molar-refractivity contribution in [2.45, 2.75) is 24.9 Å². The zero-order valence-corrected chi connectivity index (χ0v) is 19.7. The molecule has 0 aliphatic carbocycles. The van der Waals surface area contributed by atoms with Gasteiger partial charge in [-0.2, -0.15) is 8.42 Å². The molecule has 170 valence electrons. The molecule has 0 saturated carbocycles. The van der Waals surface area contributed by atoms with Crippen molar-refractivity contribution in [3.8, 4) is 0 Å². The Morgan fingerprint density at radius 2 is 1.29 bits per heavy atom. The van der Waals surface area contributed by atoms with E-state index in [0.717, 1.165) is 11.0 Å². The van der Waals surface area contributed by atoms with Crippen LogP contribution < -0.4 is 0 Å². The summed E-state index contributed by atoms with van der Waals surface area (Å²) in [6, 6.07) is 13.6. The van der Waals surface area contributed by atoms with Crippen molar-refractivity contribution in [1.82, 2.24) is 0 Å². The van der Waals surface area contributed by atoms with E-state index in [2.05, 4.69) is 6.58 Å². The average molecular weight is 487 g/mol. The molecule has 2 aromatic carbocycles. The Labute approximate surface area is 184 Å². The van der Waals surface area contributed by atoms with Crippen molar-refractivity contribution in [3.63, 3.8) is 0 Å². The highest BCUT2D eigenvalue weighted by molar-refractivity contribution is 7.93. The van der Waals surface area contributed by atoms with Crippen molar-refractivity contribution in [2.75, 3.05) is 18.1 Å². The first-order valence-corrected chi connectivity index (χ1v) is 14.6. The number of rotatable bonds is 12. The quantitative estimate of drug-likeness (QED) is 0.424. The molecule has 31 heavy (non-hydrogen) atoms. The molecule has 0 radical (unpaired) electrons. The Hall–Kier alpha value is -2.01. The summed E-state index contributed by atoms with van der Waals surface area (Å²) < 4.78 is 76.4. The zero-order valence-electron chi connectivity index (χ0n) is 17.2. The lowest BCUT2D eigenvalue weighted by molar-refractivity contribution is 0.338. The Morgan fingerprint density at radius 1 is 0.774 bits per heavy atom. The van der Waals surface area contributed by atoms with Crippen LogP contribution in [0.15, 0.2) is 60.5 Å². The van der Waals surface area contributed by atoms with E-state index in [0.29, 0.717) is 16.7 Å². The van der Waals surface area contributed by atoms with E-state index < -0.39 is 42.2 Å². The maximum Gasteiger partial charge on any atom is 0.267 e. The molecule has 0 aromatic heterocycles. The highest BCUT2D eigenvalue weighted by Crippen LogP contribution is 2.12. The number of aryl methyl sites for hydroxylation is 2. The molecule has 0 unspecified atom stereocenters. The topological polar surface area (TPSA) is 112 Å². The van der Waals surface area contributed by atoms with E-state index in [9.17, 15) is 25.3 Å². The molecular weight excluding hydrogens is 460 g/mol. The van der Waals surface area contributed by atoms with Crippen LogP contribution in [0.4, 0.5) is 0 Å². The Balaban J connectivity index is 1.82. The number of hydrogen-bond donors (Lipinski definition) is 0. The lowest BCUT2D eigenvalue weighted by atomic mass is 10.1. The molecule has 0 N–H and O–H groups in total. The van der Waals surface area contributed by atoms with Gasteiger partial charge in [-0.05, 0) is 30.0 Å². The third-order valence-corrected chi connectivity index (χ3v) is 8.49. The van der Waals surface area contributed by atoms with E-state index in [1.807, 2.05) is 19.1 Å². The molecule has 0 spiro atoms. The second-order valence-corrected chi connectivity index (χ2v) is 13.1. The summed E-state index contributed by atoms with van der Waals surface area (Å²) in [6.07, 6.45) is 0.160. The summed E-state index contributed by atoms with van der Waals surface area (Å²) in [5.41, 5.74) is 2.92. The highest BCUT2D eigenvalue weighted by atomic mass is 32.2. The van der Waals surface area contributed by atoms with Crippen molar-refractivity contribution in [2.24, 2.45) is 0 Å². The van der Waals surface area contributed by atoms with E-state index in [1.165, 1.54) is 0 Å². The number of benzene rings is 2. The van der Waals surface area contributed by atoms with Crippen LogP contribution >= 0.6 is 0 Å². The van der Waals surface area contributed by atoms with Gasteiger partial charge in [-0.15, -0.1) is 0 Å². The normalized spacial score (nSPS) is 12.5. The van der Waals surface area contributed by atoms with E-state index >= 15 is 0 Å². The van der Waals surface area contributed by atoms with E-state index in [4.69, 9.17) is 4.18 Å². The van der Waals surface area contributed by atoms with Crippen LogP contribution in [0.1, 0.15) is 22.3 Å².